The van der Waals surface area contributed by atoms with Crippen molar-refractivity contribution in [3.8, 4) is 0 Å². The van der Waals surface area contributed by atoms with E-state index in [0.29, 0.717) is 5.56 Å². The Morgan fingerprint density at radius 2 is 1.83 bits per heavy atom. The number of ether oxygens (including phenoxy) is 1. The summed E-state index contributed by atoms with van der Waals surface area (Å²) in [6.45, 7) is 7.49. The maximum atomic E-state index is 13.9. The molecule has 2 N–H and O–H groups in total. The Labute approximate surface area is 107 Å². The van der Waals surface area contributed by atoms with Crippen molar-refractivity contribution < 1.29 is 13.9 Å². The second kappa shape index (κ2) is 5.96. The third kappa shape index (κ3) is 3.07. The fourth-order valence-corrected chi connectivity index (χ4v) is 2.23. The Bertz CT molecular complexity index is 422. The Balaban J connectivity index is 3.03. The van der Waals surface area contributed by atoms with Gasteiger partial charge in [0.05, 0.1) is 12.6 Å². The van der Waals surface area contributed by atoms with E-state index in [9.17, 15) is 9.18 Å². The fourth-order valence-electron chi connectivity index (χ4n) is 2.23. The first-order chi connectivity index (χ1) is 8.38. The second-order valence-corrected chi connectivity index (χ2v) is 4.49. The van der Waals surface area contributed by atoms with Crippen LogP contribution in [0.4, 0.5) is 4.39 Å². The molecular weight excluding hydrogens is 233 g/mol. The number of hydrogen-bond donors (Lipinski definition) is 1. The number of hydrogen-bond acceptors (Lipinski definition) is 3. The van der Waals surface area contributed by atoms with E-state index in [1.54, 1.807) is 6.92 Å². The molecule has 18 heavy (non-hydrogen) atoms. The van der Waals surface area contributed by atoms with E-state index >= 15 is 0 Å². The molecule has 0 fully saturated rings. The lowest BCUT2D eigenvalue weighted by molar-refractivity contribution is -0.149. The molecule has 3 nitrogen and oxygen atoms in total. The zero-order chi connectivity index (χ0) is 13.9. The van der Waals surface area contributed by atoms with Crippen molar-refractivity contribution in [2.24, 2.45) is 5.73 Å². The molecule has 0 aliphatic heterocycles. The van der Waals surface area contributed by atoms with Gasteiger partial charge in [-0.15, -0.1) is 0 Å². The predicted octanol–water partition coefficient (Wildman–Crippen LogP) is 2.51. The summed E-state index contributed by atoms with van der Waals surface area (Å²) in [5.74, 6) is -0.899. The molecule has 100 valence electrons. The maximum Gasteiger partial charge on any atom is 0.342 e. The van der Waals surface area contributed by atoms with E-state index in [4.69, 9.17) is 5.73 Å². The highest BCUT2D eigenvalue weighted by atomic mass is 19.1. The summed E-state index contributed by atoms with van der Waals surface area (Å²) < 4.78 is 18.6. The van der Waals surface area contributed by atoms with E-state index in [-0.39, 0.29) is 6.61 Å². The van der Waals surface area contributed by atoms with Crippen molar-refractivity contribution in [3.05, 3.63) is 34.4 Å². The Hall–Kier alpha value is -1.42. The lowest BCUT2D eigenvalue weighted by atomic mass is 9.92. The van der Waals surface area contributed by atoms with Crippen LogP contribution in [0.25, 0.3) is 0 Å². The number of esters is 1. The first-order valence-electron chi connectivity index (χ1n) is 6.02. The first-order valence-corrected chi connectivity index (χ1v) is 6.02. The molecule has 4 heteroatoms. The van der Waals surface area contributed by atoms with Crippen molar-refractivity contribution in [2.75, 3.05) is 6.61 Å². The van der Waals surface area contributed by atoms with E-state index in [1.807, 2.05) is 32.9 Å². The van der Waals surface area contributed by atoms with Gasteiger partial charge in [0.1, 0.15) is 0 Å². The van der Waals surface area contributed by atoms with Gasteiger partial charge in [-0.25, -0.2) is 9.18 Å². The van der Waals surface area contributed by atoms with Crippen molar-refractivity contribution in [3.63, 3.8) is 0 Å². The smallest absolute Gasteiger partial charge is 0.342 e. The van der Waals surface area contributed by atoms with Crippen LogP contribution >= 0.6 is 0 Å². The monoisotopic (exact) mass is 253 g/mol. The molecule has 2 atom stereocenters. The van der Waals surface area contributed by atoms with E-state index in [1.165, 1.54) is 0 Å². The predicted molar refractivity (Wildman–Crippen MR) is 69.1 cm³/mol. The van der Waals surface area contributed by atoms with Gasteiger partial charge in [-0.05, 0) is 44.4 Å². The van der Waals surface area contributed by atoms with Crippen LogP contribution in [0.1, 0.15) is 35.2 Å². The molecule has 0 amide bonds. The van der Waals surface area contributed by atoms with Gasteiger partial charge in [-0.2, -0.15) is 0 Å². The van der Waals surface area contributed by atoms with Gasteiger partial charge in [0.15, 0.2) is 0 Å². The van der Waals surface area contributed by atoms with Crippen LogP contribution in [0.15, 0.2) is 12.1 Å². The Morgan fingerprint density at radius 1 is 1.33 bits per heavy atom. The van der Waals surface area contributed by atoms with Gasteiger partial charge in [-0.1, -0.05) is 17.7 Å². The van der Waals surface area contributed by atoms with E-state index in [0.717, 1.165) is 16.7 Å². The number of aryl methyl sites for hydroxylation is 3. The SMILES string of the molecule is CCOC(=O)C(F)[C@@H](N)c1c(C)cc(C)cc1C. The molecule has 0 aliphatic carbocycles. The zero-order valence-corrected chi connectivity index (χ0v) is 11.3. The van der Waals surface area contributed by atoms with Crippen molar-refractivity contribution in [2.45, 2.75) is 39.9 Å². The number of alkyl halides is 1. The Morgan fingerprint density at radius 3 is 2.28 bits per heavy atom. The van der Waals surface area contributed by atoms with Gasteiger partial charge in [0.25, 0.3) is 0 Å². The van der Waals surface area contributed by atoms with Crippen molar-refractivity contribution in [1.82, 2.24) is 0 Å². The number of rotatable bonds is 4. The van der Waals surface area contributed by atoms with Crippen LogP contribution < -0.4 is 5.73 Å². The number of nitrogens with two attached hydrogens (primary N) is 1. The Kier molecular flexibility index (Phi) is 4.84. The highest BCUT2D eigenvalue weighted by molar-refractivity contribution is 5.76. The largest absolute Gasteiger partial charge is 0.464 e. The minimum atomic E-state index is -1.83. The fraction of sp³-hybridized carbons (Fsp3) is 0.500. The van der Waals surface area contributed by atoms with Crippen molar-refractivity contribution in [1.29, 1.82) is 0 Å². The molecule has 0 saturated carbocycles. The second-order valence-electron chi connectivity index (χ2n) is 4.49. The summed E-state index contributed by atoms with van der Waals surface area (Å²) in [5.41, 5.74) is 9.41. The van der Waals surface area contributed by atoms with Gasteiger partial charge in [-0.3, -0.25) is 0 Å². The highest BCUT2D eigenvalue weighted by Gasteiger charge is 2.29. The average molecular weight is 253 g/mol. The zero-order valence-electron chi connectivity index (χ0n) is 11.3. The normalized spacial score (nSPS) is 14.1. The number of halogens is 1. The summed E-state index contributed by atoms with van der Waals surface area (Å²) in [5, 5.41) is 0. The molecule has 0 aliphatic rings. The lowest BCUT2D eigenvalue weighted by Crippen LogP contribution is -2.32. The summed E-state index contributed by atoms with van der Waals surface area (Å²) >= 11 is 0. The molecule has 0 radical (unpaired) electrons. The lowest BCUT2D eigenvalue weighted by Gasteiger charge is -2.20. The number of benzene rings is 1. The molecule has 0 saturated heterocycles. The first kappa shape index (κ1) is 14.6. The standard InChI is InChI=1S/C14H20FNO2/c1-5-18-14(17)12(15)13(16)11-9(3)6-8(2)7-10(11)4/h6-7,12-13H,5,16H2,1-4H3/t12?,13-/m0/s1. The average Bonchev–Trinajstić information content (AvgIpc) is 2.26. The molecule has 0 spiro atoms. The minimum Gasteiger partial charge on any atom is -0.464 e. The van der Waals surface area contributed by atoms with Gasteiger partial charge in [0.2, 0.25) is 6.17 Å². The van der Waals surface area contributed by atoms with Crippen LogP contribution in [-0.4, -0.2) is 18.7 Å². The highest BCUT2D eigenvalue weighted by Crippen LogP contribution is 2.26. The summed E-state index contributed by atoms with van der Waals surface area (Å²) in [4.78, 5) is 11.4. The van der Waals surface area contributed by atoms with E-state index in [2.05, 4.69) is 4.74 Å². The van der Waals surface area contributed by atoms with Crippen LogP contribution in [0.3, 0.4) is 0 Å². The molecule has 1 aromatic rings. The molecule has 0 bridgehead atoms. The van der Waals surface area contributed by atoms with E-state index < -0.39 is 18.2 Å². The van der Waals surface area contributed by atoms with Crippen molar-refractivity contribution >= 4 is 5.97 Å². The minimum absolute atomic E-state index is 0.151. The van der Waals surface area contributed by atoms with Crippen LogP contribution in [0.2, 0.25) is 0 Å². The number of carbonyl (C=O) groups is 1. The molecule has 1 rings (SSSR count). The molecule has 1 unspecified atom stereocenters. The molecule has 0 aromatic heterocycles. The maximum absolute atomic E-state index is 13.9. The third-order valence-corrected chi connectivity index (χ3v) is 2.90. The third-order valence-electron chi connectivity index (χ3n) is 2.90. The number of carbonyl (C=O) groups excluding carboxylic acids is 1. The van der Waals surface area contributed by atoms with Crippen LogP contribution in [0, 0.1) is 20.8 Å². The quantitative estimate of drug-likeness (QED) is 0.839. The summed E-state index contributed by atoms with van der Waals surface area (Å²) in [7, 11) is 0. The summed E-state index contributed by atoms with van der Waals surface area (Å²) in [6.07, 6.45) is -1.83. The van der Waals surface area contributed by atoms with Crippen LogP contribution in [-0.2, 0) is 9.53 Å². The van der Waals surface area contributed by atoms with Crippen LogP contribution in [0.5, 0.6) is 0 Å². The molecule has 0 heterocycles. The van der Waals surface area contributed by atoms with Gasteiger partial charge >= 0.3 is 5.97 Å². The molecular formula is C14H20FNO2. The topological polar surface area (TPSA) is 52.3 Å². The molecule has 1 aromatic carbocycles. The summed E-state index contributed by atoms with van der Waals surface area (Å²) in [6, 6.07) is 2.88. The van der Waals surface area contributed by atoms with Gasteiger partial charge < -0.3 is 10.5 Å². The van der Waals surface area contributed by atoms with Gasteiger partial charge in [0, 0.05) is 0 Å².